The Bertz CT molecular complexity index is 6330. The molecule has 9 atom stereocenters. The fourth-order valence-corrected chi connectivity index (χ4v) is 22.5. The molecule has 6 aromatic carbocycles. The standard InChI is InChI=1S/C37H43ClF2N8O2.C35H41F2N7O2.C34H39F2N7O2/c1-37(40)17-27(44(3)24-37)23-50-36-42-31-22-46(32-10-5-8-25-7-4-9-30(38)34(25)32)14-12-29(31)35(43-36)47-15-16-48(28(21-47)18-41-2)33(49)11-6-13-45-19-26(39)20-45;1-24-8-5-9-25-10-6-11-30(32(24)25)42-15-13-28-29(21-42)39-34(46-22-26-18-35(2,37)23-41(26)4)40-33(28)43-16-17-44(27(20-43)19-38-3)31(45)12-7-14-36;1-22-8-6-9-24-10-7-11-29(30(22)24)41-13-12-27-28(19-41)38-33(45-20-25-16-34(3,36)21-40(25)5)39-31(27)42-14-15-43(32(44)23(2)35)26(18-42)17-37-4/h4-11,26-28H,12-24H2,1,3H3;5-12,26-27H,13-23H2,1-2,4H3;6-11,25-26H,2,12-21H2,1,3,5H3/b11-6+;12-7+;/t27-,28-,37?;26-,27-,35?;25-,26-,34?/m000/s1. The topological polar surface area (TPSA) is 211 Å². The first-order chi connectivity index (χ1) is 67.8. The number of nitrogens with zero attached hydrogens (tertiary/aromatic N) is 22. The SMILES string of the molecule is [C-]#[N+]C[C@H]1CN(c2nc(OC[C@@H]3CC(C)(F)CN3C)nc3c2CCN(c2cccc4cccc(C)c24)C3)CCN1C(=O)/C=C/CF.[C-]#[N+]C[C@H]1CN(c2nc(OC[C@@H]3CC(C)(F)CN3C)nc3c2CCN(c2cccc4cccc(C)c24)C3)CCN1C(=O)C(=C)F.[C-]#[N+]C[C@H]1CN(c2nc(OC[C@@H]3CC(C)(F)CN3C)nc3c2CCN(c2cccc4cccc(Cl)c24)C3)CCN1C(=O)/C=C/CN1CC(F)C1. The number of hydrogen-bond donors (Lipinski definition) is 0. The van der Waals surface area contributed by atoms with E-state index in [1.54, 1.807) is 42.7 Å². The summed E-state index contributed by atoms with van der Waals surface area (Å²) in [5.41, 5.74) is 7.56. The Morgan fingerprint density at radius 1 is 0.461 bits per heavy atom. The molecule has 3 aromatic heterocycles. The summed E-state index contributed by atoms with van der Waals surface area (Å²) in [7, 11) is 5.71. The van der Waals surface area contributed by atoms with Crippen LogP contribution in [-0.2, 0) is 53.3 Å². The van der Waals surface area contributed by atoms with Crippen LogP contribution in [0.15, 0.2) is 146 Å². The van der Waals surface area contributed by atoms with Crippen LogP contribution in [0.4, 0.5) is 60.9 Å². The highest BCUT2D eigenvalue weighted by atomic mass is 35.5. The number of hydrogen-bond acceptors (Lipinski definition) is 22. The predicted molar refractivity (Wildman–Crippen MR) is 538 cm³/mol. The zero-order valence-corrected chi connectivity index (χ0v) is 82.2. The highest BCUT2D eigenvalue weighted by molar-refractivity contribution is 6.36. The molecule has 0 bridgehead atoms. The number of benzene rings is 6. The first-order valence-electron chi connectivity index (χ1n) is 48.7. The van der Waals surface area contributed by atoms with Crippen LogP contribution in [0.2, 0.25) is 5.02 Å². The molecule has 742 valence electrons. The number of carbonyl (C=O) groups is 3. The average Bonchev–Trinajstić information content (AvgIpc) is 1.74. The number of anilines is 6. The Labute approximate surface area is 825 Å². The fraction of sp³-hybridized carbons (Fsp3) is 0.491. The number of aryl methyl sites for hydroxylation is 2. The van der Waals surface area contributed by atoms with Gasteiger partial charge in [-0.2, -0.15) is 29.9 Å². The number of fused-ring (bicyclic) bond motifs is 6. The molecule has 7 saturated heterocycles. The van der Waals surface area contributed by atoms with E-state index >= 15 is 0 Å². The number of ether oxygens (including phenoxy) is 3. The summed E-state index contributed by atoms with van der Waals surface area (Å²) in [5, 5.41) is 7.57. The molecule has 19 rings (SSSR count). The summed E-state index contributed by atoms with van der Waals surface area (Å²) in [6.07, 6.45) is 8.18. The van der Waals surface area contributed by atoms with Gasteiger partial charge in [0.15, 0.2) is 5.83 Å². The van der Waals surface area contributed by atoms with Crippen molar-refractivity contribution < 1.29 is 54.9 Å². The quantitative estimate of drug-likeness (QED) is 0.0313. The Kier molecular flexibility index (Phi) is 30.5. The van der Waals surface area contributed by atoms with Crippen LogP contribution < -0.4 is 43.6 Å². The maximum Gasteiger partial charge on any atom is 0.318 e. The average molecular weight is 1950 g/mol. The largest absolute Gasteiger partial charge is 0.462 e. The van der Waals surface area contributed by atoms with E-state index in [4.69, 9.17) is 75.4 Å². The molecule has 10 aliphatic heterocycles. The smallest absolute Gasteiger partial charge is 0.318 e. The van der Waals surface area contributed by atoms with Crippen molar-refractivity contribution in [2.24, 2.45) is 0 Å². The lowest BCUT2D eigenvalue weighted by Crippen LogP contribution is -2.57. The van der Waals surface area contributed by atoms with E-state index < -0.39 is 47.6 Å². The second-order valence-electron chi connectivity index (χ2n) is 39.9. The van der Waals surface area contributed by atoms with Gasteiger partial charge in [0.25, 0.3) is 5.91 Å². The third-order valence-electron chi connectivity index (χ3n) is 29.1. The van der Waals surface area contributed by atoms with Gasteiger partial charge in [0, 0.05) is 217 Å². The maximum absolute atomic E-state index is 14.8. The predicted octanol–water partition coefficient (Wildman–Crippen LogP) is 14.3. The van der Waals surface area contributed by atoms with Crippen LogP contribution in [0.25, 0.3) is 46.9 Å². The Balaban J connectivity index is 0.000000146. The number of likely N-dealkylation sites (tertiary alicyclic amines) is 4. The van der Waals surface area contributed by atoms with Crippen molar-refractivity contribution >= 4 is 96.2 Å². The minimum absolute atomic E-state index is 0.0381. The lowest BCUT2D eigenvalue weighted by Gasteiger charge is -2.41. The van der Waals surface area contributed by atoms with Gasteiger partial charge in [0.2, 0.25) is 31.4 Å². The number of rotatable bonds is 24. The highest BCUT2D eigenvalue weighted by Gasteiger charge is 2.46. The molecular formula is C106H123ClF6N22O6. The van der Waals surface area contributed by atoms with Crippen LogP contribution in [0.5, 0.6) is 18.0 Å². The van der Waals surface area contributed by atoms with Gasteiger partial charge in [-0.3, -0.25) is 34.0 Å². The molecule has 13 heterocycles. The number of aromatic nitrogens is 6. The van der Waals surface area contributed by atoms with Gasteiger partial charge >= 0.3 is 18.0 Å². The maximum atomic E-state index is 14.8. The second kappa shape index (κ2) is 43.0. The molecule has 3 amide bonds. The number of piperazine rings is 3. The van der Waals surface area contributed by atoms with E-state index in [0.29, 0.717) is 161 Å². The molecule has 0 radical (unpaired) electrons. The molecule has 7 fully saturated rings. The van der Waals surface area contributed by atoms with Crippen LogP contribution in [-0.4, -0.2) is 326 Å². The molecule has 0 saturated carbocycles. The van der Waals surface area contributed by atoms with Gasteiger partial charge in [0.05, 0.1) is 41.7 Å². The zero-order chi connectivity index (χ0) is 99.3. The number of amides is 3. The van der Waals surface area contributed by atoms with Crippen LogP contribution in [0.3, 0.4) is 0 Å². The highest BCUT2D eigenvalue weighted by Crippen LogP contribution is 2.44. The van der Waals surface area contributed by atoms with E-state index in [1.807, 2.05) is 58.9 Å². The molecule has 0 aliphatic carbocycles. The Morgan fingerprint density at radius 2 is 0.801 bits per heavy atom. The van der Waals surface area contributed by atoms with Crippen LogP contribution >= 0.6 is 11.6 Å². The number of halogens is 7. The van der Waals surface area contributed by atoms with E-state index in [9.17, 15) is 40.7 Å². The normalized spacial score (nSPS) is 24.0. The summed E-state index contributed by atoms with van der Waals surface area (Å²) < 4.78 is 103. The van der Waals surface area contributed by atoms with Crippen molar-refractivity contribution in [1.29, 1.82) is 0 Å². The van der Waals surface area contributed by atoms with E-state index in [1.165, 1.54) is 49.7 Å². The van der Waals surface area contributed by atoms with Crippen LogP contribution in [0, 0.1) is 33.6 Å². The lowest BCUT2D eigenvalue weighted by molar-refractivity contribution is -0.131. The molecule has 9 aromatic rings. The van der Waals surface area contributed by atoms with Gasteiger partial charge in [0.1, 0.15) is 85.3 Å². The molecule has 3 unspecified atom stereocenters. The van der Waals surface area contributed by atoms with Crippen molar-refractivity contribution in [3.8, 4) is 18.0 Å². The minimum Gasteiger partial charge on any atom is -0.462 e. The number of allylic oxidation sites excluding steroid dienone is 1. The van der Waals surface area contributed by atoms with Crippen molar-refractivity contribution in [1.82, 2.24) is 64.2 Å². The minimum atomic E-state index is -1.28. The van der Waals surface area contributed by atoms with Crippen molar-refractivity contribution in [3.05, 3.63) is 230 Å². The third kappa shape index (κ3) is 22.6. The first-order valence-corrected chi connectivity index (χ1v) is 49.1. The van der Waals surface area contributed by atoms with Gasteiger partial charge < -0.3 is 72.8 Å². The Morgan fingerprint density at radius 3 is 1.15 bits per heavy atom. The summed E-state index contributed by atoms with van der Waals surface area (Å²) in [6.45, 7) is 45.2. The van der Waals surface area contributed by atoms with Gasteiger partial charge in [-0.25, -0.2) is 46.1 Å². The third-order valence-corrected chi connectivity index (χ3v) is 29.4. The Hall–Kier alpha value is -12.7. The van der Waals surface area contributed by atoms with E-state index in [0.717, 1.165) is 92.9 Å². The van der Waals surface area contributed by atoms with E-state index in [-0.39, 0.29) is 106 Å². The molecule has 0 N–H and O–H groups in total. The number of carbonyl (C=O) groups excluding carboxylic acids is 3. The van der Waals surface area contributed by atoms with Crippen molar-refractivity contribution in [2.75, 3.05) is 214 Å². The van der Waals surface area contributed by atoms with Crippen molar-refractivity contribution in [3.63, 3.8) is 0 Å². The first kappa shape index (κ1) is 99.9. The van der Waals surface area contributed by atoms with E-state index in [2.05, 4.69) is 155 Å². The number of likely N-dealkylation sites (N-methyl/N-ethyl adjacent to an activating group) is 3. The second-order valence-corrected chi connectivity index (χ2v) is 40.3. The number of alkyl halides is 5. The summed E-state index contributed by atoms with van der Waals surface area (Å²) >= 11 is 6.72. The van der Waals surface area contributed by atoms with Gasteiger partial charge in [-0.15, -0.1) is 0 Å². The van der Waals surface area contributed by atoms with Crippen molar-refractivity contribution in [2.45, 2.75) is 152 Å². The van der Waals surface area contributed by atoms with Gasteiger partial charge in [-0.05, 0) is 133 Å². The molecule has 0 spiro atoms. The zero-order valence-electron chi connectivity index (χ0n) is 81.4. The molecular weight excluding hydrogens is 1830 g/mol. The molecule has 28 nitrogen and oxygen atoms in total. The molecule has 10 aliphatic rings. The summed E-state index contributed by atoms with van der Waals surface area (Å²) in [5.74, 6) is -0.0233. The van der Waals surface area contributed by atoms with Gasteiger partial charge in [-0.1, -0.05) is 109 Å². The van der Waals surface area contributed by atoms with Crippen LogP contribution in [0.1, 0.15) is 84.9 Å². The fourth-order valence-electron chi connectivity index (χ4n) is 22.2. The molecule has 35 heteroatoms. The summed E-state index contributed by atoms with van der Waals surface area (Å²) in [6, 6.07) is 36.7. The molecule has 141 heavy (non-hydrogen) atoms. The lowest BCUT2D eigenvalue weighted by atomic mass is 9.99. The summed E-state index contributed by atoms with van der Waals surface area (Å²) in [4.78, 5) is 105. The monoisotopic (exact) mass is 1950 g/mol.